The van der Waals surface area contributed by atoms with Crippen molar-refractivity contribution in [2.75, 3.05) is 0 Å². The molecule has 0 heterocycles. The fourth-order valence-corrected chi connectivity index (χ4v) is 3.33. The van der Waals surface area contributed by atoms with Gasteiger partial charge in [0.1, 0.15) is 0 Å². The van der Waals surface area contributed by atoms with Crippen LogP contribution in [-0.2, 0) is 4.79 Å². The molecular formula is C15H24O3. The summed E-state index contributed by atoms with van der Waals surface area (Å²) >= 11 is 0. The Morgan fingerprint density at radius 3 is 1.89 bits per heavy atom. The van der Waals surface area contributed by atoms with Crippen molar-refractivity contribution < 1.29 is 15.0 Å². The zero-order valence-corrected chi connectivity index (χ0v) is 12.2. The molecule has 0 aliphatic heterocycles. The van der Waals surface area contributed by atoms with Crippen molar-refractivity contribution in [1.82, 2.24) is 0 Å². The van der Waals surface area contributed by atoms with Gasteiger partial charge in [-0.15, -0.1) is 0 Å². The fraction of sp³-hybridized carbons (Fsp3) is 0.667. The highest BCUT2D eigenvalue weighted by molar-refractivity contribution is 5.87. The summed E-state index contributed by atoms with van der Waals surface area (Å²) < 4.78 is 0. The van der Waals surface area contributed by atoms with Gasteiger partial charge in [-0.25, -0.2) is 4.79 Å². The molecule has 0 aromatic rings. The number of allylic oxidation sites excluding steroid dienone is 3. The Morgan fingerprint density at radius 2 is 1.56 bits per heavy atom. The smallest absolute Gasteiger partial charge is 0.331 e. The molecule has 3 heteroatoms. The molecule has 18 heavy (non-hydrogen) atoms. The van der Waals surface area contributed by atoms with E-state index < -0.39 is 11.4 Å². The molecule has 102 valence electrons. The van der Waals surface area contributed by atoms with Crippen LogP contribution >= 0.6 is 0 Å². The van der Waals surface area contributed by atoms with Crippen LogP contribution in [0.25, 0.3) is 0 Å². The van der Waals surface area contributed by atoms with Gasteiger partial charge < -0.3 is 10.2 Å². The summed E-state index contributed by atoms with van der Waals surface area (Å²) in [4.78, 5) is 11.2. The highest BCUT2D eigenvalue weighted by atomic mass is 16.4. The van der Waals surface area contributed by atoms with E-state index in [1.807, 2.05) is 41.5 Å². The first-order valence-corrected chi connectivity index (χ1v) is 6.27. The molecule has 0 fully saturated rings. The van der Waals surface area contributed by atoms with Crippen molar-refractivity contribution in [3.63, 3.8) is 0 Å². The van der Waals surface area contributed by atoms with Gasteiger partial charge in [-0.3, -0.25) is 0 Å². The summed E-state index contributed by atoms with van der Waals surface area (Å²) in [5.41, 5.74) is -0.679. The highest BCUT2D eigenvalue weighted by Gasteiger charge is 2.55. The SMILES string of the molecule is CC(C)(C)C1(C(C)(C)C)CC(C(=O)O)=CC=C1O. The molecule has 0 saturated carbocycles. The first kappa shape index (κ1) is 14.8. The van der Waals surface area contributed by atoms with E-state index in [0.29, 0.717) is 12.0 Å². The number of aliphatic hydroxyl groups excluding tert-OH is 1. The Labute approximate surface area is 109 Å². The van der Waals surface area contributed by atoms with E-state index >= 15 is 0 Å². The van der Waals surface area contributed by atoms with Gasteiger partial charge >= 0.3 is 5.97 Å². The Hall–Kier alpha value is -1.25. The van der Waals surface area contributed by atoms with E-state index in [0.717, 1.165) is 0 Å². The van der Waals surface area contributed by atoms with E-state index in [9.17, 15) is 15.0 Å². The molecule has 0 amide bonds. The normalized spacial score (nSPS) is 20.1. The minimum absolute atomic E-state index is 0.235. The van der Waals surface area contributed by atoms with Gasteiger partial charge in [0.2, 0.25) is 0 Å². The van der Waals surface area contributed by atoms with Gasteiger partial charge in [0, 0.05) is 11.0 Å². The Kier molecular flexibility index (Phi) is 3.41. The second-order valence-electron chi connectivity index (χ2n) is 7.13. The third kappa shape index (κ3) is 2.06. The van der Waals surface area contributed by atoms with Gasteiger partial charge in [0.15, 0.2) is 0 Å². The zero-order chi connectivity index (χ0) is 14.4. The van der Waals surface area contributed by atoms with Crippen LogP contribution in [0, 0.1) is 16.2 Å². The summed E-state index contributed by atoms with van der Waals surface area (Å²) in [6.07, 6.45) is 3.41. The van der Waals surface area contributed by atoms with Gasteiger partial charge in [-0.1, -0.05) is 41.5 Å². The fourth-order valence-electron chi connectivity index (χ4n) is 3.33. The van der Waals surface area contributed by atoms with E-state index in [2.05, 4.69) is 0 Å². The van der Waals surface area contributed by atoms with E-state index in [4.69, 9.17) is 0 Å². The van der Waals surface area contributed by atoms with E-state index in [1.54, 1.807) is 6.08 Å². The number of carboxylic acids is 1. The Balaban J connectivity index is 3.45. The van der Waals surface area contributed by atoms with Crippen molar-refractivity contribution in [3.8, 4) is 0 Å². The molecule has 1 aliphatic rings. The van der Waals surface area contributed by atoms with Crippen LogP contribution in [0.1, 0.15) is 48.0 Å². The number of hydrogen-bond donors (Lipinski definition) is 2. The molecule has 0 bridgehead atoms. The number of hydrogen-bond acceptors (Lipinski definition) is 2. The molecule has 3 nitrogen and oxygen atoms in total. The van der Waals surface area contributed by atoms with Crippen molar-refractivity contribution in [2.45, 2.75) is 48.0 Å². The first-order valence-electron chi connectivity index (χ1n) is 6.27. The predicted molar refractivity (Wildman–Crippen MR) is 72.4 cm³/mol. The minimum Gasteiger partial charge on any atom is -0.512 e. The lowest BCUT2D eigenvalue weighted by atomic mass is 9.50. The molecule has 1 aliphatic carbocycles. The maximum Gasteiger partial charge on any atom is 0.331 e. The summed E-state index contributed by atoms with van der Waals surface area (Å²) in [6, 6.07) is 0. The molecule has 0 aromatic carbocycles. The molecule has 0 spiro atoms. The molecule has 0 saturated heterocycles. The molecule has 0 atom stereocenters. The summed E-state index contributed by atoms with van der Waals surface area (Å²) in [7, 11) is 0. The lowest BCUT2D eigenvalue weighted by Crippen LogP contribution is -2.49. The van der Waals surface area contributed by atoms with Crippen LogP contribution in [0.5, 0.6) is 0 Å². The standard InChI is InChI=1S/C15H24O3/c1-13(2,3)15(14(4,5)6)9-10(12(17)18)7-8-11(15)16/h7-8,16H,9H2,1-6H3,(H,17,18). The lowest BCUT2D eigenvalue weighted by molar-refractivity contribution is -0.134. The highest BCUT2D eigenvalue weighted by Crippen LogP contribution is 2.60. The van der Waals surface area contributed by atoms with Crippen LogP contribution < -0.4 is 0 Å². The number of aliphatic carboxylic acids is 1. The number of carbonyl (C=O) groups is 1. The number of rotatable bonds is 1. The minimum atomic E-state index is -0.906. The molecule has 0 radical (unpaired) electrons. The lowest BCUT2D eigenvalue weighted by Gasteiger charge is -2.54. The van der Waals surface area contributed by atoms with Gasteiger partial charge in [-0.05, 0) is 29.4 Å². The molecule has 0 unspecified atom stereocenters. The van der Waals surface area contributed by atoms with Crippen molar-refractivity contribution in [2.24, 2.45) is 16.2 Å². The second kappa shape index (κ2) is 4.15. The summed E-state index contributed by atoms with van der Waals surface area (Å²) in [5, 5.41) is 19.6. The number of aliphatic hydroxyl groups is 1. The van der Waals surface area contributed by atoms with Crippen molar-refractivity contribution >= 4 is 5.97 Å². The third-order valence-corrected chi connectivity index (χ3v) is 4.17. The van der Waals surface area contributed by atoms with Crippen molar-refractivity contribution in [1.29, 1.82) is 0 Å². The average Bonchev–Trinajstić information content (AvgIpc) is 2.13. The summed E-state index contributed by atoms with van der Waals surface area (Å²) in [6.45, 7) is 12.3. The third-order valence-electron chi connectivity index (χ3n) is 4.17. The molecule has 0 aromatic heterocycles. The first-order chi connectivity index (χ1) is 7.93. The molecular weight excluding hydrogens is 228 g/mol. The Morgan fingerprint density at radius 1 is 1.11 bits per heavy atom. The van der Waals surface area contributed by atoms with E-state index in [1.165, 1.54) is 6.08 Å². The maximum atomic E-state index is 11.2. The van der Waals surface area contributed by atoms with Crippen LogP contribution in [0.2, 0.25) is 0 Å². The van der Waals surface area contributed by atoms with Gasteiger partial charge in [0.25, 0.3) is 0 Å². The van der Waals surface area contributed by atoms with Crippen molar-refractivity contribution in [3.05, 3.63) is 23.5 Å². The largest absolute Gasteiger partial charge is 0.512 e. The van der Waals surface area contributed by atoms with Crippen LogP contribution in [0.15, 0.2) is 23.5 Å². The van der Waals surface area contributed by atoms with Crippen LogP contribution in [0.4, 0.5) is 0 Å². The van der Waals surface area contributed by atoms with Gasteiger partial charge in [-0.2, -0.15) is 0 Å². The monoisotopic (exact) mass is 252 g/mol. The average molecular weight is 252 g/mol. The quantitative estimate of drug-likeness (QED) is 0.743. The summed E-state index contributed by atoms with van der Waals surface area (Å²) in [5.74, 6) is -0.621. The van der Waals surface area contributed by atoms with Gasteiger partial charge in [0.05, 0.1) is 5.76 Å². The van der Waals surface area contributed by atoms with E-state index in [-0.39, 0.29) is 16.6 Å². The zero-order valence-electron chi connectivity index (χ0n) is 12.2. The van der Waals surface area contributed by atoms with Crippen LogP contribution in [0.3, 0.4) is 0 Å². The maximum absolute atomic E-state index is 11.2. The Bertz CT molecular complexity index is 400. The predicted octanol–water partition coefficient (Wildman–Crippen LogP) is 3.92. The van der Waals surface area contributed by atoms with Crippen LogP contribution in [-0.4, -0.2) is 16.2 Å². The molecule has 2 N–H and O–H groups in total. The molecule has 1 rings (SSSR count). The number of carboxylic acid groups (broad SMARTS) is 1. The second-order valence-corrected chi connectivity index (χ2v) is 7.13. The topological polar surface area (TPSA) is 57.5 Å².